The molecule has 3 rings (SSSR count). The second-order valence-corrected chi connectivity index (χ2v) is 5.43. The number of hydrogen-bond donors (Lipinski definition) is 1. The van der Waals surface area contributed by atoms with E-state index in [0.29, 0.717) is 6.04 Å². The molecule has 1 atom stereocenters. The lowest BCUT2D eigenvalue weighted by atomic mass is 10.2. The van der Waals surface area contributed by atoms with Gasteiger partial charge in [-0.2, -0.15) is 0 Å². The van der Waals surface area contributed by atoms with Crippen molar-refractivity contribution in [2.24, 2.45) is 0 Å². The Morgan fingerprint density at radius 3 is 2.58 bits per heavy atom. The van der Waals surface area contributed by atoms with Crippen molar-refractivity contribution in [1.82, 2.24) is 9.80 Å². The van der Waals surface area contributed by atoms with Crippen molar-refractivity contribution >= 4 is 11.7 Å². The normalized spacial score (nSPS) is 23.8. The molecule has 1 aromatic rings. The van der Waals surface area contributed by atoms with E-state index in [1.165, 1.54) is 25.9 Å². The second-order valence-electron chi connectivity index (χ2n) is 5.43. The second kappa shape index (κ2) is 5.61. The summed E-state index contributed by atoms with van der Waals surface area (Å²) in [5, 5.41) is 2.96. The molecule has 1 aromatic carbocycles. The van der Waals surface area contributed by atoms with Gasteiger partial charge in [0.15, 0.2) is 0 Å². The molecule has 0 unspecified atom stereocenters. The molecular weight excluding hydrogens is 238 g/mol. The summed E-state index contributed by atoms with van der Waals surface area (Å²) in [4.78, 5) is 16.6. The Bertz CT molecular complexity index is 428. The Labute approximate surface area is 114 Å². The maximum atomic E-state index is 12.2. The topological polar surface area (TPSA) is 35.6 Å². The van der Waals surface area contributed by atoms with Crippen LogP contribution in [0.5, 0.6) is 0 Å². The number of urea groups is 1. The Balaban J connectivity index is 1.54. The fraction of sp³-hybridized carbons (Fsp3) is 0.533. The third-order valence-corrected chi connectivity index (χ3v) is 4.13. The number of anilines is 1. The zero-order valence-corrected chi connectivity index (χ0v) is 11.2. The van der Waals surface area contributed by atoms with E-state index in [9.17, 15) is 4.79 Å². The largest absolute Gasteiger partial charge is 0.323 e. The first-order valence-corrected chi connectivity index (χ1v) is 7.18. The first-order valence-electron chi connectivity index (χ1n) is 7.18. The fourth-order valence-electron chi connectivity index (χ4n) is 3.06. The van der Waals surface area contributed by atoms with Gasteiger partial charge in [0.05, 0.1) is 0 Å². The number of hydrogen-bond acceptors (Lipinski definition) is 2. The van der Waals surface area contributed by atoms with Gasteiger partial charge >= 0.3 is 6.03 Å². The predicted octanol–water partition coefficient (Wildman–Crippen LogP) is 2.39. The Morgan fingerprint density at radius 1 is 1.11 bits per heavy atom. The molecule has 0 saturated carbocycles. The molecular formula is C15H21N3O. The Kier molecular flexibility index (Phi) is 3.69. The minimum Gasteiger partial charge on any atom is -0.323 e. The highest BCUT2D eigenvalue weighted by atomic mass is 16.2. The minimum atomic E-state index is 0.0351. The highest BCUT2D eigenvalue weighted by Crippen LogP contribution is 2.21. The molecule has 4 heteroatoms. The van der Waals surface area contributed by atoms with Gasteiger partial charge in [0.1, 0.15) is 0 Å². The van der Waals surface area contributed by atoms with E-state index < -0.39 is 0 Å². The molecule has 19 heavy (non-hydrogen) atoms. The number of rotatable bonds is 2. The summed E-state index contributed by atoms with van der Waals surface area (Å²) in [6.07, 6.45) is 3.74. The van der Waals surface area contributed by atoms with Crippen molar-refractivity contribution < 1.29 is 4.79 Å². The SMILES string of the molecule is O=C(Nc1ccccc1)N1CC[C@@H](N2CCCC2)C1. The third-order valence-electron chi connectivity index (χ3n) is 4.13. The molecule has 2 fully saturated rings. The van der Waals surface area contributed by atoms with Crippen LogP contribution in [0.4, 0.5) is 10.5 Å². The van der Waals surface area contributed by atoms with E-state index in [0.717, 1.165) is 25.2 Å². The fourth-order valence-corrected chi connectivity index (χ4v) is 3.06. The van der Waals surface area contributed by atoms with Crippen LogP contribution in [0.3, 0.4) is 0 Å². The number of para-hydroxylation sites is 1. The lowest BCUT2D eigenvalue weighted by Crippen LogP contribution is -2.38. The minimum absolute atomic E-state index is 0.0351. The first kappa shape index (κ1) is 12.5. The number of amides is 2. The number of carbonyl (C=O) groups is 1. The van der Waals surface area contributed by atoms with Crippen molar-refractivity contribution in [3.8, 4) is 0 Å². The number of nitrogens with one attached hydrogen (secondary N) is 1. The highest BCUT2D eigenvalue weighted by molar-refractivity contribution is 5.89. The van der Waals surface area contributed by atoms with Crippen molar-refractivity contribution in [2.45, 2.75) is 25.3 Å². The maximum Gasteiger partial charge on any atom is 0.321 e. The van der Waals surface area contributed by atoms with E-state index >= 15 is 0 Å². The van der Waals surface area contributed by atoms with Crippen LogP contribution in [0, 0.1) is 0 Å². The average Bonchev–Trinajstić information content (AvgIpc) is 3.11. The summed E-state index contributed by atoms with van der Waals surface area (Å²) >= 11 is 0. The lowest BCUT2D eigenvalue weighted by Gasteiger charge is -2.23. The molecule has 1 N–H and O–H groups in total. The van der Waals surface area contributed by atoms with E-state index in [-0.39, 0.29) is 6.03 Å². The van der Waals surface area contributed by atoms with E-state index in [4.69, 9.17) is 0 Å². The van der Waals surface area contributed by atoms with Crippen LogP contribution < -0.4 is 5.32 Å². The van der Waals surface area contributed by atoms with Crippen molar-refractivity contribution in [1.29, 1.82) is 0 Å². The van der Waals surface area contributed by atoms with Gasteiger partial charge in [0, 0.05) is 24.8 Å². The van der Waals surface area contributed by atoms with Crippen molar-refractivity contribution in [3.63, 3.8) is 0 Å². The van der Waals surface area contributed by atoms with Crippen LogP contribution in [0.15, 0.2) is 30.3 Å². The quantitative estimate of drug-likeness (QED) is 0.885. The lowest BCUT2D eigenvalue weighted by molar-refractivity contribution is 0.210. The molecule has 102 valence electrons. The molecule has 0 spiro atoms. The van der Waals surface area contributed by atoms with Crippen LogP contribution in [-0.2, 0) is 0 Å². The molecule has 0 aliphatic carbocycles. The van der Waals surface area contributed by atoms with Crippen LogP contribution in [0.1, 0.15) is 19.3 Å². The summed E-state index contributed by atoms with van der Waals surface area (Å²) in [6.45, 7) is 4.16. The van der Waals surface area contributed by atoms with Gasteiger partial charge in [-0.05, 0) is 44.5 Å². The molecule has 4 nitrogen and oxygen atoms in total. The van der Waals surface area contributed by atoms with Gasteiger partial charge in [-0.1, -0.05) is 18.2 Å². The van der Waals surface area contributed by atoms with Crippen molar-refractivity contribution in [3.05, 3.63) is 30.3 Å². The molecule has 2 saturated heterocycles. The van der Waals surface area contributed by atoms with Crippen molar-refractivity contribution in [2.75, 3.05) is 31.5 Å². The zero-order valence-electron chi connectivity index (χ0n) is 11.2. The summed E-state index contributed by atoms with van der Waals surface area (Å²) in [5.74, 6) is 0. The number of likely N-dealkylation sites (tertiary alicyclic amines) is 2. The molecule has 2 aliphatic rings. The first-order chi connectivity index (χ1) is 9.33. The molecule has 0 radical (unpaired) electrons. The van der Waals surface area contributed by atoms with Crippen LogP contribution in [0.25, 0.3) is 0 Å². The van der Waals surface area contributed by atoms with E-state index in [1.807, 2.05) is 35.2 Å². The van der Waals surface area contributed by atoms with E-state index in [2.05, 4.69) is 10.2 Å². The van der Waals surface area contributed by atoms with Gasteiger partial charge in [-0.3, -0.25) is 4.90 Å². The molecule has 2 heterocycles. The van der Waals surface area contributed by atoms with Crippen LogP contribution in [0.2, 0.25) is 0 Å². The third kappa shape index (κ3) is 2.89. The van der Waals surface area contributed by atoms with Gasteiger partial charge < -0.3 is 10.2 Å². The van der Waals surface area contributed by atoms with Gasteiger partial charge in [-0.25, -0.2) is 4.79 Å². The summed E-state index contributed by atoms with van der Waals surface area (Å²) < 4.78 is 0. The molecule has 0 aromatic heterocycles. The maximum absolute atomic E-state index is 12.2. The number of nitrogens with zero attached hydrogens (tertiary/aromatic N) is 2. The summed E-state index contributed by atoms with van der Waals surface area (Å²) in [6, 6.07) is 10.3. The monoisotopic (exact) mass is 259 g/mol. The van der Waals surface area contributed by atoms with Crippen LogP contribution in [-0.4, -0.2) is 48.1 Å². The van der Waals surface area contributed by atoms with Crippen LogP contribution >= 0.6 is 0 Å². The zero-order chi connectivity index (χ0) is 13.1. The van der Waals surface area contributed by atoms with Gasteiger partial charge in [0.25, 0.3) is 0 Å². The smallest absolute Gasteiger partial charge is 0.321 e. The highest BCUT2D eigenvalue weighted by Gasteiger charge is 2.31. The van der Waals surface area contributed by atoms with Gasteiger partial charge in [0.2, 0.25) is 0 Å². The van der Waals surface area contributed by atoms with E-state index in [1.54, 1.807) is 0 Å². The average molecular weight is 259 g/mol. The molecule has 2 amide bonds. The Morgan fingerprint density at radius 2 is 1.84 bits per heavy atom. The van der Waals surface area contributed by atoms with Gasteiger partial charge in [-0.15, -0.1) is 0 Å². The summed E-state index contributed by atoms with van der Waals surface area (Å²) in [5.41, 5.74) is 0.872. The molecule has 0 bridgehead atoms. The number of carbonyl (C=O) groups excluding carboxylic acids is 1. The predicted molar refractivity (Wildman–Crippen MR) is 76.2 cm³/mol. The Hall–Kier alpha value is -1.55. The summed E-state index contributed by atoms with van der Waals surface area (Å²) in [7, 11) is 0. The number of benzene rings is 1. The standard InChI is InChI=1S/C15H21N3O/c19-15(16-13-6-2-1-3-7-13)18-11-8-14(12-18)17-9-4-5-10-17/h1-3,6-7,14H,4-5,8-12H2,(H,16,19)/t14-/m1/s1. The molecule has 2 aliphatic heterocycles.